The lowest BCUT2D eigenvalue weighted by Crippen LogP contribution is -2.11. The largest absolute Gasteiger partial charge is 0.322 e. The van der Waals surface area contributed by atoms with Crippen molar-refractivity contribution in [1.29, 1.82) is 0 Å². The number of rotatable bonds is 4. The number of carbonyl (C=O) groups excluding carboxylic acids is 1. The molecule has 0 spiro atoms. The zero-order valence-corrected chi connectivity index (χ0v) is 14.5. The van der Waals surface area contributed by atoms with E-state index in [1.807, 2.05) is 28.9 Å². The van der Waals surface area contributed by atoms with E-state index in [-0.39, 0.29) is 5.91 Å². The fraction of sp³-hybridized carbons (Fsp3) is 0.176. The molecule has 8 heteroatoms. The van der Waals surface area contributed by atoms with Gasteiger partial charge in [0.2, 0.25) is 0 Å². The van der Waals surface area contributed by atoms with Crippen molar-refractivity contribution in [3.05, 3.63) is 58.1 Å². The molecule has 6 nitrogen and oxygen atoms in total. The molecule has 0 saturated heterocycles. The number of nitrogens with one attached hydrogen (secondary N) is 1. The zero-order valence-electron chi connectivity index (χ0n) is 13.0. The number of anilines is 1. The molecule has 25 heavy (non-hydrogen) atoms. The van der Waals surface area contributed by atoms with Crippen molar-refractivity contribution in [2.24, 2.45) is 0 Å². The molecule has 3 aromatic rings. The van der Waals surface area contributed by atoms with Crippen molar-refractivity contribution in [3.63, 3.8) is 0 Å². The summed E-state index contributed by atoms with van der Waals surface area (Å²) < 4.78 is 1.85. The number of nitrogens with zero attached hydrogens (tertiary/aromatic N) is 4. The van der Waals surface area contributed by atoms with Gasteiger partial charge in [-0.25, -0.2) is 4.68 Å². The molecule has 0 unspecified atom stereocenters. The van der Waals surface area contributed by atoms with Gasteiger partial charge in [-0.15, -0.1) is 5.10 Å². The predicted octanol–water partition coefficient (Wildman–Crippen LogP) is 4.23. The van der Waals surface area contributed by atoms with Crippen molar-refractivity contribution in [2.45, 2.75) is 18.9 Å². The molecule has 1 fully saturated rings. The highest BCUT2D eigenvalue weighted by molar-refractivity contribution is 6.42. The summed E-state index contributed by atoms with van der Waals surface area (Å²) in [6.45, 7) is 0. The Balaban J connectivity index is 1.51. The SMILES string of the molecule is O=C(Nc1ccc(-c2nnnn2C2CC2)cc1)c1ccc(Cl)c(Cl)c1. The van der Waals surface area contributed by atoms with Gasteiger partial charge in [-0.1, -0.05) is 23.2 Å². The molecule has 126 valence electrons. The average Bonchev–Trinajstić information content (AvgIpc) is 3.35. The molecular weight excluding hydrogens is 361 g/mol. The monoisotopic (exact) mass is 373 g/mol. The molecule has 2 aromatic carbocycles. The highest BCUT2D eigenvalue weighted by atomic mass is 35.5. The second-order valence-corrected chi connectivity index (χ2v) is 6.65. The Morgan fingerprint density at radius 3 is 2.52 bits per heavy atom. The summed E-state index contributed by atoms with van der Waals surface area (Å²) in [5, 5.41) is 15.5. The maximum absolute atomic E-state index is 12.3. The average molecular weight is 374 g/mol. The third-order valence-corrected chi connectivity index (χ3v) is 4.71. The van der Waals surface area contributed by atoms with Crippen LogP contribution in [0.5, 0.6) is 0 Å². The molecule has 0 aliphatic heterocycles. The molecule has 4 rings (SSSR count). The van der Waals surface area contributed by atoms with Crippen molar-refractivity contribution in [1.82, 2.24) is 20.2 Å². The molecule has 1 saturated carbocycles. The van der Waals surface area contributed by atoms with E-state index in [0.29, 0.717) is 27.3 Å². The Morgan fingerprint density at radius 2 is 1.84 bits per heavy atom. The second-order valence-electron chi connectivity index (χ2n) is 5.84. The van der Waals surface area contributed by atoms with Gasteiger partial charge in [-0.2, -0.15) is 0 Å². The summed E-state index contributed by atoms with van der Waals surface area (Å²) in [7, 11) is 0. The van der Waals surface area contributed by atoms with E-state index < -0.39 is 0 Å². The van der Waals surface area contributed by atoms with Crippen LogP contribution in [-0.4, -0.2) is 26.1 Å². The van der Waals surface area contributed by atoms with Gasteiger partial charge in [0.1, 0.15) is 0 Å². The number of hydrogen-bond acceptors (Lipinski definition) is 4. The summed E-state index contributed by atoms with van der Waals surface area (Å²) in [5.41, 5.74) is 2.02. The lowest BCUT2D eigenvalue weighted by molar-refractivity contribution is 0.102. The standard InChI is InChI=1S/C17H13Cl2N5O/c18-14-8-3-11(9-15(14)19)17(25)20-12-4-1-10(2-5-12)16-21-22-23-24(16)13-6-7-13/h1-5,8-9,13H,6-7H2,(H,20,25). The molecule has 0 bridgehead atoms. The third kappa shape index (κ3) is 3.36. The second kappa shape index (κ2) is 6.46. The molecule has 1 aliphatic rings. The molecule has 1 aliphatic carbocycles. The van der Waals surface area contributed by atoms with Crippen molar-refractivity contribution < 1.29 is 4.79 Å². The molecule has 1 heterocycles. The smallest absolute Gasteiger partial charge is 0.255 e. The Kier molecular flexibility index (Phi) is 4.15. The van der Waals surface area contributed by atoms with Crippen molar-refractivity contribution >= 4 is 34.8 Å². The highest BCUT2D eigenvalue weighted by Crippen LogP contribution is 2.36. The summed E-state index contributed by atoms with van der Waals surface area (Å²) in [4.78, 5) is 12.3. The summed E-state index contributed by atoms with van der Waals surface area (Å²) in [6.07, 6.45) is 2.21. The van der Waals surface area contributed by atoms with Gasteiger partial charge >= 0.3 is 0 Å². The van der Waals surface area contributed by atoms with Gasteiger partial charge in [0.15, 0.2) is 5.82 Å². The first-order chi connectivity index (χ1) is 12.1. The van der Waals surface area contributed by atoms with E-state index >= 15 is 0 Å². The topological polar surface area (TPSA) is 72.7 Å². The third-order valence-electron chi connectivity index (χ3n) is 3.97. The number of hydrogen-bond donors (Lipinski definition) is 1. The Bertz CT molecular complexity index is 934. The van der Waals surface area contributed by atoms with Gasteiger partial charge in [-0.3, -0.25) is 4.79 Å². The lowest BCUT2D eigenvalue weighted by Gasteiger charge is -2.07. The molecule has 1 aromatic heterocycles. The van der Waals surface area contributed by atoms with Crippen LogP contribution in [0.15, 0.2) is 42.5 Å². The van der Waals surface area contributed by atoms with Crippen molar-refractivity contribution in [3.8, 4) is 11.4 Å². The van der Waals surface area contributed by atoms with Crippen LogP contribution < -0.4 is 5.32 Å². The van der Waals surface area contributed by atoms with Gasteiger partial charge < -0.3 is 5.32 Å². The minimum Gasteiger partial charge on any atom is -0.322 e. The van der Waals surface area contributed by atoms with Crippen LogP contribution in [-0.2, 0) is 0 Å². The molecular formula is C17H13Cl2N5O. The van der Waals surface area contributed by atoms with Crippen LogP contribution >= 0.6 is 23.2 Å². The summed E-state index contributed by atoms with van der Waals surface area (Å²) >= 11 is 11.8. The normalized spacial score (nSPS) is 13.7. The number of halogens is 2. The minimum absolute atomic E-state index is 0.255. The van der Waals surface area contributed by atoms with Crippen LogP contribution in [0, 0.1) is 0 Å². The van der Waals surface area contributed by atoms with Crippen LogP contribution in [0.1, 0.15) is 29.2 Å². The van der Waals surface area contributed by atoms with E-state index in [2.05, 4.69) is 20.8 Å². The van der Waals surface area contributed by atoms with Crippen LogP contribution in [0.4, 0.5) is 5.69 Å². The van der Waals surface area contributed by atoms with E-state index in [1.165, 1.54) is 6.07 Å². The number of amides is 1. The number of aromatic nitrogens is 4. The van der Waals surface area contributed by atoms with E-state index in [4.69, 9.17) is 23.2 Å². The molecule has 0 radical (unpaired) electrons. The molecule has 0 atom stereocenters. The lowest BCUT2D eigenvalue weighted by atomic mass is 10.1. The van der Waals surface area contributed by atoms with Gasteiger partial charge in [0.25, 0.3) is 5.91 Å². The van der Waals surface area contributed by atoms with Crippen LogP contribution in [0.2, 0.25) is 10.0 Å². The fourth-order valence-electron chi connectivity index (χ4n) is 2.49. The number of benzene rings is 2. The van der Waals surface area contributed by atoms with Gasteiger partial charge in [0, 0.05) is 16.8 Å². The predicted molar refractivity (Wildman–Crippen MR) is 95.9 cm³/mol. The van der Waals surface area contributed by atoms with Crippen molar-refractivity contribution in [2.75, 3.05) is 5.32 Å². The first-order valence-corrected chi connectivity index (χ1v) is 8.52. The van der Waals surface area contributed by atoms with Gasteiger partial charge in [-0.05, 0) is 65.7 Å². The molecule has 1 N–H and O–H groups in total. The maximum atomic E-state index is 12.3. The molecule has 1 amide bonds. The quantitative estimate of drug-likeness (QED) is 0.742. The first-order valence-electron chi connectivity index (χ1n) is 7.76. The highest BCUT2D eigenvalue weighted by Gasteiger charge is 2.28. The maximum Gasteiger partial charge on any atom is 0.255 e. The fourth-order valence-corrected chi connectivity index (χ4v) is 2.79. The minimum atomic E-state index is -0.255. The Labute approximate surface area is 153 Å². The first kappa shape index (κ1) is 16.1. The Hall–Kier alpha value is -2.44. The van der Waals surface area contributed by atoms with Gasteiger partial charge in [0.05, 0.1) is 16.1 Å². The zero-order chi connectivity index (χ0) is 17.4. The van der Waals surface area contributed by atoms with Crippen LogP contribution in [0.3, 0.4) is 0 Å². The van der Waals surface area contributed by atoms with Crippen LogP contribution in [0.25, 0.3) is 11.4 Å². The van der Waals surface area contributed by atoms with E-state index in [1.54, 1.807) is 12.1 Å². The number of carbonyl (C=O) groups is 1. The Morgan fingerprint density at radius 1 is 1.08 bits per heavy atom. The summed E-state index contributed by atoms with van der Waals surface area (Å²) in [6, 6.07) is 12.6. The van der Waals surface area contributed by atoms with E-state index in [9.17, 15) is 4.79 Å². The van der Waals surface area contributed by atoms with E-state index in [0.717, 1.165) is 24.2 Å². The number of tetrazole rings is 1. The summed E-state index contributed by atoms with van der Waals surface area (Å²) in [5.74, 6) is 0.485.